The highest BCUT2D eigenvalue weighted by Gasteiger charge is 2.31. The summed E-state index contributed by atoms with van der Waals surface area (Å²) in [4.78, 5) is 7.36. The number of anilines is 1. The van der Waals surface area contributed by atoms with Crippen LogP contribution in [-0.4, -0.2) is 65.3 Å². The van der Waals surface area contributed by atoms with Crippen LogP contribution in [0, 0.1) is 0 Å². The van der Waals surface area contributed by atoms with Crippen molar-refractivity contribution >= 4 is 5.82 Å². The lowest BCUT2D eigenvalue weighted by Gasteiger charge is -2.35. The molecule has 3 fully saturated rings. The van der Waals surface area contributed by atoms with E-state index in [9.17, 15) is 0 Å². The molecule has 29 heavy (non-hydrogen) atoms. The van der Waals surface area contributed by atoms with E-state index in [2.05, 4.69) is 61.3 Å². The fourth-order valence-electron chi connectivity index (χ4n) is 4.66. The van der Waals surface area contributed by atoms with Gasteiger partial charge in [0.05, 0.1) is 11.9 Å². The largest absolute Gasteiger partial charge is 0.353 e. The summed E-state index contributed by atoms with van der Waals surface area (Å²) < 4.78 is 0. The van der Waals surface area contributed by atoms with E-state index in [-0.39, 0.29) is 6.17 Å². The SMILES string of the molecule is NC(c1ccc(-c2ccc(N3CCN(C4CC4)CC3)nn2)cc1)N1CCCCC1. The molecule has 1 aromatic heterocycles. The molecule has 6 nitrogen and oxygen atoms in total. The number of piperazine rings is 1. The monoisotopic (exact) mass is 392 g/mol. The predicted octanol–water partition coefficient (Wildman–Crippen LogP) is 2.87. The standard InChI is InChI=1S/C23H32N6/c24-23(29-12-2-1-3-13-29)19-6-4-18(5-7-19)21-10-11-22(26-25-21)28-16-14-27(15-17-28)20-8-9-20/h4-7,10-11,20,23H,1-3,8-9,12-17,24H2. The lowest BCUT2D eigenvalue weighted by atomic mass is 10.0. The van der Waals surface area contributed by atoms with E-state index in [0.717, 1.165) is 62.4 Å². The van der Waals surface area contributed by atoms with E-state index in [1.54, 1.807) is 0 Å². The maximum Gasteiger partial charge on any atom is 0.151 e. The number of nitrogens with two attached hydrogens (primary N) is 1. The number of aromatic nitrogens is 2. The molecule has 2 aliphatic heterocycles. The third-order valence-electron chi connectivity index (χ3n) is 6.68. The van der Waals surface area contributed by atoms with Crippen LogP contribution in [0.5, 0.6) is 0 Å². The minimum absolute atomic E-state index is 0.00730. The van der Waals surface area contributed by atoms with Crippen molar-refractivity contribution in [3.05, 3.63) is 42.0 Å². The van der Waals surface area contributed by atoms with Crippen molar-refractivity contribution < 1.29 is 0 Å². The predicted molar refractivity (Wildman–Crippen MR) is 117 cm³/mol. The van der Waals surface area contributed by atoms with E-state index in [0.29, 0.717) is 0 Å². The first kappa shape index (κ1) is 19.0. The van der Waals surface area contributed by atoms with Crippen LogP contribution in [0.25, 0.3) is 11.3 Å². The Morgan fingerprint density at radius 3 is 2.14 bits per heavy atom. The Kier molecular flexibility index (Phi) is 5.48. The molecule has 6 heteroatoms. The van der Waals surface area contributed by atoms with E-state index < -0.39 is 0 Å². The summed E-state index contributed by atoms with van der Waals surface area (Å²) in [6.45, 7) is 6.59. The van der Waals surface area contributed by atoms with Crippen LogP contribution < -0.4 is 10.6 Å². The van der Waals surface area contributed by atoms with Gasteiger partial charge >= 0.3 is 0 Å². The molecule has 1 atom stereocenters. The van der Waals surface area contributed by atoms with Crippen molar-refractivity contribution in [1.29, 1.82) is 0 Å². The fourth-order valence-corrected chi connectivity index (χ4v) is 4.66. The van der Waals surface area contributed by atoms with Crippen LogP contribution >= 0.6 is 0 Å². The minimum Gasteiger partial charge on any atom is -0.353 e. The first-order valence-corrected chi connectivity index (χ1v) is 11.2. The molecule has 3 heterocycles. The molecule has 2 aromatic rings. The van der Waals surface area contributed by atoms with Crippen molar-refractivity contribution in [2.45, 2.75) is 44.3 Å². The average molecular weight is 393 g/mol. The van der Waals surface area contributed by atoms with Crippen LogP contribution in [0.15, 0.2) is 36.4 Å². The Labute approximate surface area is 173 Å². The van der Waals surface area contributed by atoms with Gasteiger partial charge in [-0.15, -0.1) is 10.2 Å². The van der Waals surface area contributed by atoms with Crippen LogP contribution in [0.4, 0.5) is 5.82 Å². The van der Waals surface area contributed by atoms with Crippen molar-refractivity contribution in [2.24, 2.45) is 5.73 Å². The summed E-state index contributed by atoms with van der Waals surface area (Å²) in [7, 11) is 0. The van der Waals surface area contributed by atoms with Crippen molar-refractivity contribution in [3.63, 3.8) is 0 Å². The summed E-state index contributed by atoms with van der Waals surface area (Å²) in [5, 5.41) is 9.03. The Hall–Kier alpha value is -2.02. The molecule has 1 unspecified atom stereocenters. The first-order valence-electron chi connectivity index (χ1n) is 11.2. The van der Waals surface area contributed by atoms with Gasteiger partial charge in [-0.1, -0.05) is 30.7 Å². The van der Waals surface area contributed by atoms with Crippen molar-refractivity contribution in [2.75, 3.05) is 44.2 Å². The van der Waals surface area contributed by atoms with Gasteiger partial charge in [0.2, 0.25) is 0 Å². The zero-order valence-corrected chi connectivity index (χ0v) is 17.2. The van der Waals surface area contributed by atoms with Gasteiger partial charge in [-0.25, -0.2) is 0 Å². The quantitative estimate of drug-likeness (QED) is 0.844. The van der Waals surface area contributed by atoms with Crippen LogP contribution in [0.1, 0.15) is 43.8 Å². The average Bonchev–Trinajstić information content (AvgIpc) is 3.65. The minimum atomic E-state index is -0.00730. The number of rotatable bonds is 5. The Balaban J connectivity index is 1.22. The lowest BCUT2D eigenvalue weighted by molar-refractivity contribution is 0.167. The lowest BCUT2D eigenvalue weighted by Crippen LogP contribution is -2.47. The molecule has 0 spiro atoms. The van der Waals surface area contributed by atoms with E-state index in [1.165, 1.54) is 37.7 Å². The van der Waals surface area contributed by atoms with Gasteiger partial charge in [-0.3, -0.25) is 9.80 Å². The van der Waals surface area contributed by atoms with Crippen LogP contribution in [0.2, 0.25) is 0 Å². The normalized spacial score (nSPS) is 22.6. The second-order valence-corrected chi connectivity index (χ2v) is 8.69. The molecule has 5 rings (SSSR count). The maximum atomic E-state index is 6.48. The number of hydrogen-bond acceptors (Lipinski definition) is 6. The van der Waals surface area contributed by atoms with Crippen LogP contribution in [0.3, 0.4) is 0 Å². The molecule has 1 saturated carbocycles. The summed E-state index contributed by atoms with van der Waals surface area (Å²) >= 11 is 0. The van der Waals surface area contributed by atoms with Crippen molar-refractivity contribution in [1.82, 2.24) is 20.0 Å². The third kappa shape index (κ3) is 4.29. The molecule has 0 radical (unpaired) electrons. The molecule has 1 aliphatic carbocycles. The molecular formula is C23H32N6. The third-order valence-corrected chi connectivity index (χ3v) is 6.68. The summed E-state index contributed by atoms with van der Waals surface area (Å²) in [5.74, 6) is 0.993. The maximum absolute atomic E-state index is 6.48. The van der Waals surface area contributed by atoms with Gasteiger partial charge in [-0.2, -0.15) is 0 Å². The molecule has 0 bridgehead atoms. The van der Waals surface area contributed by atoms with E-state index in [4.69, 9.17) is 5.73 Å². The van der Waals surface area contributed by atoms with Gasteiger partial charge in [0.15, 0.2) is 5.82 Å². The fraction of sp³-hybridized carbons (Fsp3) is 0.565. The summed E-state index contributed by atoms with van der Waals surface area (Å²) in [6, 6.07) is 13.6. The smallest absolute Gasteiger partial charge is 0.151 e. The Morgan fingerprint density at radius 1 is 0.793 bits per heavy atom. The van der Waals surface area contributed by atoms with E-state index in [1.807, 2.05) is 0 Å². The number of hydrogen-bond donors (Lipinski definition) is 1. The van der Waals surface area contributed by atoms with Crippen LogP contribution in [-0.2, 0) is 0 Å². The number of likely N-dealkylation sites (tertiary alicyclic amines) is 1. The molecule has 1 aromatic carbocycles. The highest BCUT2D eigenvalue weighted by molar-refractivity contribution is 5.60. The van der Waals surface area contributed by atoms with Gasteiger partial charge < -0.3 is 10.6 Å². The Morgan fingerprint density at radius 2 is 1.52 bits per heavy atom. The summed E-state index contributed by atoms with van der Waals surface area (Å²) in [6.07, 6.45) is 6.60. The first-order chi connectivity index (χ1) is 14.3. The molecule has 0 amide bonds. The van der Waals surface area contributed by atoms with Gasteiger partial charge in [0.1, 0.15) is 0 Å². The molecule has 2 saturated heterocycles. The highest BCUT2D eigenvalue weighted by Crippen LogP contribution is 2.28. The second kappa shape index (κ2) is 8.38. The molecule has 2 N–H and O–H groups in total. The Bertz CT molecular complexity index is 787. The van der Waals surface area contributed by atoms with Crippen molar-refractivity contribution in [3.8, 4) is 11.3 Å². The molecular weight excluding hydrogens is 360 g/mol. The highest BCUT2D eigenvalue weighted by atomic mass is 15.3. The molecule has 3 aliphatic rings. The van der Waals surface area contributed by atoms with Gasteiger partial charge in [-0.05, 0) is 56.5 Å². The second-order valence-electron chi connectivity index (χ2n) is 8.69. The summed E-state index contributed by atoms with van der Waals surface area (Å²) in [5.41, 5.74) is 9.67. The van der Waals surface area contributed by atoms with Gasteiger partial charge in [0.25, 0.3) is 0 Å². The van der Waals surface area contributed by atoms with Gasteiger partial charge in [0, 0.05) is 37.8 Å². The zero-order valence-electron chi connectivity index (χ0n) is 17.2. The number of benzene rings is 1. The molecule has 154 valence electrons. The van der Waals surface area contributed by atoms with E-state index >= 15 is 0 Å². The number of piperidine rings is 1. The number of nitrogens with zero attached hydrogens (tertiary/aromatic N) is 5. The topological polar surface area (TPSA) is 61.5 Å². The zero-order chi connectivity index (χ0) is 19.6.